The Morgan fingerprint density at radius 3 is 2.29 bits per heavy atom. The third kappa shape index (κ3) is 3.99. The Morgan fingerprint density at radius 2 is 1.67 bits per heavy atom. The van der Waals surface area contributed by atoms with E-state index < -0.39 is 10.0 Å². The van der Waals surface area contributed by atoms with E-state index in [9.17, 15) is 8.42 Å². The van der Waals surface area contributed by atoms with Crippen LogP contribution in [0.1, 0.15) is 11.1 Å². The van der Waals surface area contributed by atoms with Gasteiger partial charge in [-0.25, -0.2) is 8.42 Å². The molecular weight excluding hydrogens is 435 g/mol. The van der Waals surface area contributed by atoms with Crippen LogP contribution in [0.3, 0.4) is 0 Å². The van der Waals surface area contributed by atoms with E-state index in [1.54, 1.807) is 16.4 Å². The van der Waals surface area contributed by atoms with Gasteiger partial charge >= 0.3 is 0 Å². The number of piperazine rings is 1. The van der Waals surface area contributed by atoms with Crippen molar-refractivity contribution in [2.24, 2.45) is 0 Å². The molecule has 24 heavy (non-hydrogen) atoms. The summed E-state index contributed by atoms with van der Waals surface area (Å²) < 4.78 is 28.3. The largest absolute Gasteiger partial charge is 0.296 e. The summed E-state index contributed by atoms with van der Waals surface area (Å²) in [7, 11) is -3.39. The standard InChI is InChI=1S/C18H21IN2O2S/c1-15-13-17(7-8-18(15)19)24(22,23)21-11-9-20(10-12-21)14-16-5-3-2-4-6-16/h2-8,13H,9-12,14H2,1H3. The van der Waals surface area contributed by atoms with Gasteiger partial charge in [-0.3, -0.25) is 4.90 Å². The lowest BCUT2D eigenvalue weighted by Gasteiger charge is -2.34. The van der Waals surface area contributed by atoms with Gasteiger partial charge in [-0.1, -0.05) is 30.3 Å². The molecule has 2 aromatic rings. The number of hydrogen-bond acceptors (Lipinski definition) is 3. The molecule has 128 valence electrons. The van der Waals surface area contributed by atoms with Gasteiger partial charge < -0.3 is 0 Å². The molecule has 1 aliphatic rings. The minimum atomic E-state index is -3.39. The average molecular weight is 456 g/mol. The normalized spacial score (nSPS) is 17.1. The maximum atomic E-state index is 12.8. The number of hydrogen-bond donors (Lipinski definition) is 0. The molecule has 3 rings (SSSR count). The average Bonchev–Trinajstić information content (AvgIpc) is 2.58. The van der Waals surface area contributed by atoms with Gasteiger partial charge in [0.25, 0.3) is 0 Å². The Labute approximate surface area is 157 Å². The quantitative estimate of drug-likeness (QED) is 0.665. The third-order valence-electron chi connectivity index (χ3n) is 4.35. The van der Waals surface area contributed by atoms with Crippen molar-refractivity contribution in [2.75, 3.05) is 26.2 Å². The van der Waals surface area contributed by atoms with Crippen LogP contribution in [0.4, 0.5) is 0 Å². The number of rotatable bonds is 4. The number of sulfonamides is 1. The SMILES string of the molecule is Cc1cc(S(=O)(=O)N2CCN(Cc3ccccc3)CC2)ccc1I. The first-order valence-electron chi connectivity index (χ1n) is 7.99. The van der Waals surface area contributed by atoms with Crippen LogP contribution in [0.2, 0.25) is 0 Å². The number of benzene rings is 2. The van der Waals surface area contributed by atoms with Crippen LogP contribution in [0.25, 0.3) is 0 Å². The second-order valence-electron chi connectivity index (χ2n) is 6.08. The smallest absolute Gasteiger partial charge is 0.243 e. The van der Waals surface area contributed by atoms with Gasteiger partial charge in [0.2, 0.25) is 10.0 Å². The van der Waals surface area contributed by atoms with Crippen molar-refractivity contribution in [1.29, 1.82) is 0 Å². The molecule has 0 radical (unpaired) electrons. The molecule has 0 N–H and O–H groups in total. The van der Waals surface area contributed by atoms with Crippen LogP contribution in [-0.2, 0) is 16.6 Å². The number of halogens is 1. The summed E-state index contributed by atoms with van der Waals surface area (Å²) in [4.78, 5) is 2.71. The lowest BCUT2D eigenvalue weighted by Crippen LogP contribution is -2.48. The van der Waals surface area contributed by atoms with Crippen molar-refractivity contribution >= 4 is 32.6 Å². The van der Waals surface area contributed by atoms with Crippen molar-refractivity contribution in [1.82, 2.24) is 9.21 Å². The van der Waals surface area contributed by atoms with Crippen molar-refractivity contribution < 1.29 is 8.42 Å². The fourth-order valence-corrected chi connectivity index (χ4v) is 4.74. The van der Waals surface area contributed by atoms with E-state index in [1.807, 2.05) is 31.2 Å². The molecule has 0 bridgehead atoms. The highest BCUT2D eigenvalue weighted by atomic mass is 127. The van der Waals surface area contributed by atoms with Gasteiger partial charge in [0.1, 0.15) is 0 Å². The van der Waals surface area contributed by atoms with Gasteiger partial charge in [-0.2, -0.15) is 4.31 Å². The fraction of sp³-hybridized carbons (Fsp3) is 0.333. The maximum Gasteiger partial charge on any atom is 0.243 e. The predicted molar refractivity (Wildman–Crippen MR) is 104 cm³/mol. The first-order valence-corrected chi connectivity index (χ1v) is 10.5. The minimum Gasteiger partial charge on any atom is -0.296 e. The molecule has 0 aromatic heterocycles. The Morgan fingerprint density at radius 1 is 1.00 bits per heavy atom. The van der Waals surface area contributed by atoms with Gasteiger partial charge in [0, 0.05) is 36.3 Å². The van der Waals surface area contributed by atoms with Crippen LogP contribution in [0, 0.1) is 10.5 Å². The molecule has 6 heteroatoms. The molecule has 0 amide bonds. The fourth-order valence-electron chi connectivity index (χ4n) is 2.90. The van der Waals surface area contributed by atoms with E-state index in [1.165, 1.54) is 5.56 Å². The molecule has 1 aliphatic heterocycles. The third-order valence-corrected chi connectivity index (χ3v) is 7.45. The lowest BCUT2D eigenvalue weighted by atomic mass is 10.2. The van der Waals surface area contributed by atoms with Gasteiger partial charge in [0.15, 0.2) is 0 Å². The topological polar surface area (TPSA) is 40.6 Å². The summed E-state index contributed by atoms with van der Waals surface area (Å²) in [5, 5.41) is 0. The zero-order valence-electron chi connectivity index (χ0n) is 13.7. The highest BCUT2D eigenvalue weighted by Gasteiger charge is 2.28. The van der Waals surface area contributed by atoms with E-state index in [0.717, 1.165) is 28.8 Å². The molecule has 0 saturated carbocycles. The van der Waals surface area contributed by atoms with Gasteiger partial charge in [0.05, 0.1) is 4.90 Å². The summed E-state index contributed by atoms with van der Waals surface area (Å²) in [5.41, 5.74) is 2.27. The van der Waals surface area contributed by atoms with E-state index in [-0.39, 0.29) is 0 Å². The molecule has 1 fully saturated rings. The summed E-state index contributed by atoms with van der Waals surface area (Å²) in [5.74, 6) is 0. The Balaban J connectivity index is 1.66. The molecule has 4 nitrogen and oxygen atoms in total. The number of nitrogens with zero attached hydrogens (tertiary/aromatic N) is 2. The van der Waals surface area contributed by atoms with Crippen LogP contribution in [0.15, 0.2) is 53.4 Å². The second kappa shape index (κ2) is 7.51. The maximum absolute atomic E-state index is 12.8. The van der Waals surface area contributed by atoms with E-state index in [4.69, 9.17) is 0 Å². The monoisotopic (exact) mass is 456 g/mol. The zero-order valence-corrected chi connectivity index (χ0v) is 16.6. The molecule has 0 spiro atoms. The Bertz CT molecular complexity index is 801. The van der Waals surface area contributed by atoms with Gasteiger partial charge in [-0.05, 0) is 58.8 Å². The Hall–Kier alpha value is -0.960. The molecule has 0 unspecified atom stereocenters. The molecular formula is C18H21IN2O2S. The molecule has 2 aromatic carbocycles. The number of aryl methyl sites for hydroxylation is 1. The first kappa shape index (κ1) is 17.8. The van der Waals surface area contributed by atoms with Crippen LogP contribution >= 0.6 is 22.6 Å². The van der Waals surface area contributed by atoms with Crippen molar-refractivity contribution in [2.45, 2.75) is 18.4 Å². The highest BCUT2D eigenvalue weighted by Crippen LogP contribution is 2.22. The van der Waals surface area contributed by atoms with E-state index in [2.05, 4.69) is 39.6 Å². The van der Waals surface area contributed by atoms with E-state index in [0.29, 0.717) is 18.0 Å². The highest BCUT2D eigenvalue weighted by molar-refractivity contribution is 14.1. The van der Waals surface area contributed by atoms with Crippen molar-refractivity contribution in [3.05, 3.63) is 63.2 Å². The molecule has 1 heterocycles. The minimum absolute atomic E-state index is 0.400. The second-order valence-corrected chi connectivity index (χ2v) is 9.18. The van der Waals surface area contributed by atoms with Crippen LogP contribution < -0.4 is 0 Å². The van der Waals surface area contributed by atoms with E-state index >= 15 is 0 Å². The summed E-state index contributed by atoms with van der Waals surface area (Å²) in [6.45, 7) is 5.42. The lowest BCUT2D eigenvalue weighted by molar-refractivity contribution is 0.181. The van der Waals surface area contributed by atoms with Gasteiger partial charge in [-0.15, -0.1) is 0 Å². The first-order chi connectivity index (χ1) is 11.5. The summed E-state index contributed by atoms with van der Waals surface area (Å²) in [6, 6.07) is 15.7. The van der Waals surface area contributed by atoms with Crippen LogP contribution in [0.5, 0.6) is 0 Å². The summed E-state index contributed by atoms with van der Waals surface area (Å²) in [6.07, 6.45) is 0. The van der Waals surface area contributed by atoms with Crippen molar-refractivity contribution in [3.63, 3.8) is 0 Å². The zero-order chi connectivity index (χ0) is 17.2. The Kier molecular flexibility index (Phi) is 5.59. The molecule has 1 saturated heterocycles. The predicted octanol–water partition coefficient (Wildman–Crippen LogP) is 3.11. The summed E-state index contributed by atoms with van der Waals surface area (Å²) >= 11 is 2.22. The molecule has 0 aliphatic carbocycles. The van der Waals surface area contributed by atoms with Crippen molar-refractivity contribution in [3.8, 4) is 0 Å². The van der Waals surface area contributed by atoms with Crippen LogP contribution in [-0.4, -0.2) is 43.8 Å². The molecule has 0 atom stereocenters.